The van der Waals surface area contributed by atoms with Crippen molar-refractivity contribution in [2.75, 3.05) is 6.61 Å². The molecule has 4 heteroatoms. The van der Waals surface area contributed by atoms with E-state index in [0.717, 1.165) is 25.7 Å². The fourth-order valence-corrected chi connectivity index (χ4v) is 4.97. The van der Waals surface area contributed by atoms with Gasteiger partial charge in [-0.15, -0.1) is 0 Å². The molecule has 0 radical (unpaired) electrons. The molecule has 1 saturated carbocycles. The van der Waals surface area contributed by atoms with E-state index in [4.69, 9.17) is 4.74 Å². The van der Waals surface area contributed by atoms with Gasteiger partial charge in [0.1, 0.15) is 6.61 Å². The second-order valence-electron chi connectivity index (χ2n) is 9.16. The summed E-state index contributed by atoms with van der Waals surface area (Å²) >= 11 is 0. The van der Waals surface area contributed by atoms with Crippen LogP contribution in [0.4, 0.5) is 4.79 Å². The summed E-state index contributed by atoms with van der Waals surface area (Å²) in [6.07, 6.45) is 2.72. The molecule has 0 bridgehead atoms. The van der Waals surface area contributed by atoms with Crippen LogP contribution in [0.2, 0.25) is 0 Å². The van der Waals surface area contributed by atoms with Crippen LogP contribution in [-0.2, 0) is 4.74 Å². The molecule has 1 fully saturated rings. The SMILES string of the molecule is CC(C)C(C)N(C(=O)OCC1c2ccccc2-c2ccccc21)C1CCC(O)CC1. The Kier molecular flexibility index (Phi) is 6.14. The third-order valence-corrected chi connectivity index (χ3v) is 7.01. The summed E-state index contributed by atoms with van der Waals surface area (Å²) in [7, 11) is 0. The Balaban J connectivity index is 1.52. The molecule has 2 aliphatic carbocycles. The van der Waals surface area contributed by atoms with E-state index in [-0.39, 0.29) is 30.2 Å². The molecule has 1 atom stereocenters. The van der Waals surface area contributed by atoms with Crippen LogP contribution in [0.3, 0.4) is 0 Å². The lowest BCUT2D eigenvalue weighted by Crippen LogP contribution is -2.50. The number of fused-ring (bicyclic) bond motifs is 3. The average molecular weight is 408 g/mol. The van der Waals surface area contributed by atoms with Crippen LogP contribution in [0.15, 0.2) is 48.5 Å². The maximum atomic E-state index is 13.3. The zero-order valence-electron chi connectivity index (χ0n) is 18.3. The number of aliphatic hydroxyl groups excluding tert-OH is 1. The van der Waals surface area contributed by atoms with Gasteiger partial charge in [0, 0.05) is 18.0 Å². The van der Waals surface area contributed by atoms with Crippen LogP contribution in [0.1, 0.15) is 63.5 Å². The topological polar surface area (TPSA) is 49.8 Å². The van der Waals surface area contributed by atoms with E-state index in [0.29, 0.717) is 12.5 Å². The molecule has 2 aliphatic rings. The molecule has 30 heavy (non-hydrogen) atoms. The smallest absolute Gasteiger partial charge is 0.410 e. The molecule has 0 spiro atoms. The van der Waals surface area contributed by atoms with E-state index >= 15 is 0 Å². The minimum Gasteiger partial charge on any atom is -0.448 e. The highest BCUT2D eigenvalue weighted by atomic mass is 16.6. The molecule has 1 amide bonds. The van der Waals surface area contributed by atoms with Crippen molar-refractivity contribution in [3.63, 3.8) is 0 Å². The normalized spacial score (nSPS) is 21.8. The third-order valence-electron chi connectivity index (χ3n) is 7.01. The van der Waals surface area contributed by atoms with Crippen molar-refractivity contribution in [3.8, 4) is 11.1 Å². The monoisotopic (exact) mass is 407 g/mol. The maximum Gasteiger partial charge on any atom is 0.410 e. The van der Waals surface area contributed by atoms with Gasteiger partial charge in [0.25, 0.3) is 0 Å². The highest BCUT2D eigenvalue weighted by Crippen LogP contribution is 2.44. The highest BCUT2D eigenvalue weighted by Gasteiger charge is 2.35. The van der Waals surface area contributed by atoms with Gasteiger partial charge in [-0.25, -0.2) is 4.79 Å². The largest absolute Gasteiger partial charge is 0.448 e. The Bertz CT molecular complexity index is 840. The van der Waals surface area contributed by atoms with Gasteiger partial charge in [-0.1, -0.05) is 62.4 Å². The van der Waals surface area contributed by atoms with Gasteiger partial charge >= 0.3 is 6.09 Å². The fraction of sp³-hybridized carbons (Fsp3) is 0.500. The van der Waals surface area contributed by atoms with E-state index in [1.165, 1.54) is 22.3 Å². The molecule has 0 aromatic heterocycles. The van der Waals surface area contributed by atoms with Gasteiger partial charge in [0.2, 0.25) is 0 Å². The Hall–Kier alpha value is -2.33. The van der Waals surface area contributed by atoms with E-state index in [2.05, 4.69) is 69.3 Å². The number of benzene rings is 2. The predicted molar refractivity (Wildman–Crippen MR) is 119 cm³/mol. The molecule has 2 aromatic carbocycles. The molecule has 0 saturated heterocycles. The van der Waals surface area contributed by atoms with Crippen molar-refractivity contribution < 1.29 is 14.6 Å². The number of hydrogen-bond acceptors (Lipinski definition) is 3. The quantitative estimate of drug-likeness (QED) is 0.703. The highest BCUT2D eigenvalue weighted by molar-refractivity contribution is 5.79. The number of nitrogens with zero attached hydrogens (tertiary/aromatic N) is 1. The van der Waals surface area contributed by atoms with Gasteiger partial charge in [-0.2, -0.15) is 0 Å². The first-order chi connectivity index (χ1) is 14.5. The summed E-state index contributed by atoms with van der Waals surface area (Å²) in [5, 5.41) is 9.89. The van der Waals surface area contributed by atoms with E-state index in [1.54, 1.807) is 0 Å². The number of carbonyl (C=O) groups is 1. The predicted octanol–water partition coefficient (Wildman–Crippen LogP) is 5.59. The van der Waals surface area contributed by atoms with Gasteiger partial charge in [-0.05, 0) is 60.8 Å². The first kappa shape index (κ1) is 20.9. The number of amides is 1. The summed E-state index contributed by atoms with van der Waals surface area (Å²) in [6, 6.07) is 17.1. The molecular weight excluding hydrogens is 374 g/mol. The first-order valence-electron chi connectivity index (χ1n) is 11.3. The van der Waals surface area contributed by atoms with Crippen LogP contribution < -0.4 is 0 Å². The zero-order chi connectivity index (χ0) is 21.3. The standard InChI is InChI=1S/C26H33NO3/c1-17(2)18(3)27(19-12-14-20(28)15-13-19)26(29)30-16-25-23-10-6-4-8-21(23)22-9-5-7-11-24(22)25/h4-11,17-20,25,28H,12-16H2,1-3H3. The molecule has 2 aromatic rings. The molecule has 0 heterocycles. The van der Waals surface area contributed by atoms with Crippen molar-refractivity contribution in [2.24, 2.45) is 5.92 Å². The van der Waals surface area contributed by atoms with Crippen LogP contribution in [0.25, 0.3) is 11.1 Å². The van der Waals surface area contributed by atoms with Crippen molar-refractivity contribution in [1.82, 2.24) is 4.90 Å². The molecule has 160 valence electrons. The van der Waals surface area contributed by atoms with E-state index in [9.17, 15) is 9.90 Å². The number of carbonyl (C=O) groups excluding carboxylic acids is 1. The summed E-state index contributed by atoms with van der Waals surface area (Å²) in [6.45, 7) is 6.75. The minimum absolute atomic E-state index is 0.0748. The summed E-state index contributed by atoms with van der Waals surface area (Å²) in [4.78, 5) is 15.2. The lowest BCUT2D eigenvalue weighted by molar-refractivity contribution is 0.0278. The first-order valence-corrected chi connectivity index (χ1v) is 11.3. The second kappa shape index (κ2) is 8.81. The zero-order valence-corrected chi connectivity index (χ0v) is 18.3. The Labute approximate surface area is 179 Å². The number of hydrogen-bond donors (Lipinski definition) is 1. The average Bonchev–Trinajstić information content (AvgIpc) is 3.07. The molecule has 4 rings (SSSR count). The van der Waals surface area contributed by atoms with Crippen LogP contribution in [0, 0.1) is 5.92 Å². The van der Waals surface area contributed by atoms with Crippen molar-refractivity contribution in [2.45, 2.75) is 70.6 Å². The fourth-order valence-electron chi connectivity index (χ4n) is 4.97. The van der Waals surface area contributed by atoms with E-state index < -0.39 is 0 Å². The molecule has 4 nitrogen and oxygen atoms in total. The summed E-state index contributed by atoms with van der Waals surface area (Å²) < 4.78 is 5.98. The number of ether oxygens (including phenoxy) is 1. The summed E-state index contributed by atoms with van der Waals surface area (Å²) in [5.41, 5.74) is 4.94. The maximum absolute atomic E-state index is 13.3. The van der Waals surface area contributed by atoms with Gasteiger partial charge in [0.05, 0.1) is 6.10 Å². The van der Waals surface area contributed by atoms with Gasteiger partial charge in [-0.3, -0.25) is 0 Å². The van der Waals surface area contributed by atoms with Crippen LogP contribution >= 0.6 is 0 Å². The van der Waals surface area contributed by atoms with Gasteiger partial charge < -0.3 is 14.7 Å². The van der Waals surface area contributed by atoms with Crippen molar-refractivity contribution in [1.29, 1.82) is 0 Å². The van der Waals surface area contributed by atoms with Crippen LogP contribution in [-0.4, -0.2) is 40.9 Å². The number of aliphatic hydroxyl groups is 1. The molecule has 1 N–H and O–H groups in total. The Morgan fingerprint density at radius 3 is 2.03 bits per heavy atom. The second-order valence-corrected chi connectivity index (χ2v) is 9.16. The summed E-state index contributed by atoms with van der Waals surface area (Å²) in [5.74, 6) is 0.420. The van der Waals surface area contributed by atoms with Crippen molar-refractivity contribution >= 4 is 6.09 Å². The molecule has 1 unspecified atom stereocenters. The Morgan fingerprint density at radius 1 is 0.967 bits per heavy atom. The lowest BCUT2D eigenvalue weighted by atomic mass is 9.90. The van der Waals surface area contributed by atoms with Gasteiger partial charge in [0.15, 0.2) is 0 Å². The van der Waals surface area contributed by atoms with E-state index in [1.807, 2.05) is 4.90 Å². The van der Waals surface area contributed by atoms with Crippen molar-refractivity contribution in [3.05, 3.63) is 59.7 Å². The lowest BCUT2D eigenvalue weighted by Gasteiger charge is -2.40. The Morgan fingerprint density at radius 2 is 1.50 bits per heavy atom. The minimum atomic E-state index is -0.236. The molecular formula is C26H33NO3. The number of rotatable bonds is 5. The van der Waals surface area contributed by atoms with Crippen LogP contribution in [0.5, 0.6) is 0 Å². The third kappa shape index (κ3) is 3.98. The molecule has 0 aliphatic heterocycles.